The lowest BCUT2D eigenvalue weighted by Crippen LogP contribution is -2.37. The summed E-state index contributed by atoms with van der Waals surface area (Å²) in [4.78, 5) is 19.0. The van der Waals surface area contributed by atoms with E-state index in [1.54, 1.807) is 18.3 Å². The van der Waals surface area contributed by atoms with Crippen molar-refractivity contribution >= 4 is 34.1 Å². The summed E-state index contributed by atoms with van der Waals surface area (Å²) < 4.78 is 11.1. The predicted octanol–water partition coefficient (Wildman–Crippen LogP) is 3.78. The average molecular weight is 426 g/mol. The van der Waals surface area contributed by atoms with Crippen LogP contribution < -0.4 is 10.1 Å². The Morgan fingerprint density at radius 3 is 2.73 bits per heavy atom. The number of carbonyl (C=O) groups is 1. The lowest BCUT2D eigenvalue weighted by Gasteiger charge is -2.26. The van der Waals surface area contributed by atoms with E-state index in [0.717, 1.165) is 50.3 Å². The van der Waals surface area contributed by atoms with Crippen molar-refractivity contribution in [1.82, 2.24) is 9.88 Å². The highest BCUT2D eigenvalue weighted by Gasteiger charge is 2.11. The van der Waals surface area contributed by atoms with Crippen LogP contribution in [0, 0.1) is 0 Å². The van der Waals surface area contributed by atoms with Crippen molar-refractivity contribution in [3.63, 3.8) is 0 Å². The first-order valence-corrected chi connectivity index (χ1v) is 10.4. The number of hydrogen-bond acceptors (Lipinski definition) is 5. The highest BCUT2D eigenvalue weighted by Crippen LogP contribution is 2.29. The van der Waals surface area contributed by atoms with Crippen LogP contribution in [-0.4, -0.2) is 55.2 Å². The van der Waals surface area contributed by atoms with E-state index in [-0.39, 0.29) is 12.5 Å². The van der Waals surface area contributed by atoms with Gasteiger partial charge in [-0.25, -0.2) is 0 Å². The van der Waals surface area contributed by atoms with Crippen molar-refractivity contribution in [1.29, 1.82) is 0 Å². The van der Waals surface area contributed by atoms with Gasteiger partial charge in [0.1, 0.15) is 11.3 Å². The molecule has 1 fully saturated rings. The van der Waals surface area contributed by atoms with Crippen LogP contribution in [0.1, 0.15) is 5.56 Å². The summed E-state index contributed by atoms with van der Waals surface area (Å²) >= 11 is 6.20. The van der Waals surface area contributed by atoms with Crippen LogP contribution >= 0.6 is 11.6 Å². The van der Waals surface area contributed by atoms with Gasteiger partial charge >= 0.3 is 0 Å². The molecule has 30 heavy (non-hydrogen) atoms. The van der Waals surface area contributed by atoms with E-state index in [9.17, 15) is 4.79 Å². The Kier molecular flexibility index (Phi) is 6.79. The summed E-state index contributed by atoms with van der Waals surface area (Å²) in [5.74, 6) is 0.304. The number of halogens is 1. The molecular weight excluding hydrogens is 402 g/mol. The number of nitrogens with zero attached hydrogens (tertiary/aromatic N) is 2. The zero-order chi connectivity index (χ0) is 20.8. The van der Waals surface area contributed by atoms with Gasteiger partial charge in [-0.05, 0) is 48.4 Å². The van der Waals surface area contributed by atoms with Gasteiger partial charge in [-0.15, -0.1) is 0 Å². The standard InChI is InChI=1S/C23H24ClN3O3/c24-20-7-8-21(23-19(20)2-1-10-25-23)30-16-22(28)26-18-5-3-17(4-6-18)9-11-27-12-14-29-15-13-27/h1-8,10H,9,11-16H2,(H,26,28). The Morgan fingerprint density at radius 2 is 1.93 bits per heavy atom. The number of anilines is 1. The van der Waals surface area contributed by atoms with Crippen molar-refractivity contribution in [3.8, 4) is 5.75 Å². The first-order valence-electron chi connectivity index (χ1n) is 10.0. The van der Waals surface area contributed by atoms with Crippen molar-refractivity contribution in [2.24, 2.45) is 0 Å². The fourth-order valence-corrected chi connectivity index (χ4v) is 3.65. The molecule has 0 aliphatic carbocycles. The minimum atomic E-state index is -0.227. The van der Waals surface area contributed by atoms with E-state index < -0.39 is 0 Å². The summed E-state index contributed by atoms with van der Waals surface area (Å²) in [5.41, 5.74) is 2.63. The molecule has 0 atom stereocenters. The molecule has 1 aromatic heterocycles. The molecule has 1 aliphatic rings. The van der Waals surface area contributed by atoms with E-state index in [4.69, 9.17) is 21.1 Å². The molecule has 0 saturated carbocycles. The number of nitrogens with one attached hydrogen (secondary N) is 1. The van der Waals surface area contributed by atoms with E-state index in [0.29, 0.717) is 16.3 Å². The second kappa shape index (κ2) is 9.89. The Morgan fingerprint density at radius 1 is 1.13 bits per heavy atom. The molecule has 2 heterocycles. The third-order valence-electron chi connectivity index (χ3n) is 5.10. The first-order chi connectivity index (χ1) is 14.7. The summed E-state index contributed by atoms with van der Waals surface area (Å²) in [6, 6.07) is 15.1. The van der Waals surface area contributed by atoms with Crippen LogP contribution in [-0.2, 0) is 16.0 Å². The average Bonchev–Trinajstić information content (AvgIpc) is 2.79. The van der Waals surface area contributed by atoms with Crippen LogP contribution in [0.5, 0.6) is 5.75 Å². The molecular formula is C23H24ClN3O3. The molecule has 1 saturated heterocycles. The number of carbonyl (C=O) groups excluding carboxylic acids is 1. The molecule has 0 bridgehead atoms. The molecule has 1 N–H and O–H groups in total. The lowest BCUT2D eigenvalue weighted by atomic mass is 10.1. The second-order valence-corrected chi connectivity index (χ2v) is 7.59. The minimum Gasteiger partial charge on any atom is -0.481 e. The molecule has 1 amide bonds. The maximum atomic E-state index is 12.3. The SMILES string of the molecule is O=C(COc1ccc(Cl)c2cccnc12)Nc1ccc(CCN2CCOCC2)cc1. The summed E-state index contributed by atoms with van der Waals surface area (Å²) in [7, 11) is 0. The van der Waals surface area contributed by atoms with Crippen LogP contribution in [0.15, 0.2) is 54.7 Å². The van der Waals surface area contributed by atoms with Gasteiger partial charge < -0.3 is 14.8 Å². The van der Waals surface area contributed by atoms with Gasteiger partial charge in [0.15, 0.2) is 6.61 Å². The van der Waals surface area contributed by atoms with Crippen molar-refractivity contribution < 1.29 is 14.3 Å². The molecule has 0 unspecified atom stereocenters. The minimum absolute atomic E-state index is 0.105. The summed E-state index contributed by atoms with van der Waals surface area (Å²) in [5, 5.41) is 4.26. The number of amides is 1. The monoisotopic (exact) mass is 425 g/mol. The number of morpholine rings is 1. The largest absolute Gasteiger partial charge is 0.481 e. The molecule has 0 radical (unpaired) electrons. The van der Waals surface area contributed by atoms with Gasteiger partial charge in [0.2, 0.25) is 0 Å². The molecule has 7 heteroatoms. The predicted molar refractivity (Wildman–Crippen MR) is 118 cm³/mol. The fraction of sp³-hybridized carbons (Fsp3) is 0.304. The Hall–Kier alpha value is -2.67. The highest BCUT2D eigenvalue weighted by atomic mass is 35.5. The molecule has 2 aromatic carbocycles. The van der Waals surface area contributed by atoms with Crippen LogP contribution in [0.2, 0.25) is 5.02 Å². The number of hydrogen-bond donors (Lipinski definition) is 1. The van der Waals surface area contributed by atoms with Crippen LogP contribution in [0.25, 0.3) is 10.9 Å². The maximum absolute atomic E-state index is 12.3. The number of rotatable bonds is 7. The molecule has 0 spiro atoms. The highest BCUT2D eigenvalue weighted by molar-refractivity contribution is 6.35. The van der Waals surface area contributed by atoms with E-state index >= 15 is 0 Å². The lowest BCUT2D eigenvalue weighted by molar-refractivity contribution is -0.118. The second-order valence-electron chi connectivity index (χ2n) is 7.18. The van der Waals surface area contributed by atoms with Crippen molar-refractivity contribution in [3.05, 3.63) is 65.3 Å². The van der Waals surface area contributed by atoms with Crippen LogP contribution in [0.3, 0.4) is 0 Å². The zero-order valence-electron chi connectivity index (χ0n) is 16.6. The van der Waals surface area contributed by atoms with Crippen molar-refractivity contribution in [2.75, 3.05) is 44.8 Å². The smallest absolute Gasteiger partial charge is 0.262 e. The van der Waals surface area contributed by atoms with Gasteiger partial charge in [-0.2, -0.15) is 0 Å². The first kappa shape index (κ1) is 20.6. The topological polar surface area (TPSA) is 63.7 Å². The number of aromatic nitrogens is 1. The van der Waals surface area contributed by atoms with Crippen molar-refractivity contribution in [2.45, 2.75) is 6.42 Å². The third-order valence-corrected chi connectivity index (χ3v) is 5.43. The molecule has 3 aromatic rings. The molecule has 1 aliphatic heterocycles. The van der Waals surface area contributed by atoms with Gasteiger partial charge in [0, 0.05) is 36.9 Å². The van der Waals surface area contributed by atoms with Gasteiger partial charge in [0.05, 0.1) is 18.2 Å². The Balaban J connectivity index is 1.28. The number of pyridine rings is 1. The van der Waals surface area contributed by atoms with E-state index in [1.807, 2.05) is 36.4 Å². The maximum Gasteiger partial charge on any atom is 0.262 e. The Labute approximate surface area is 180 Å². The fourth-order valence-electron chi connectivity index (χ4n) is 3.44. The molecule has 6 nitrogen and oxygen atoms in total. The quantitative estimate of drug-likeness (QED) is 0.624. The Bertz CT molecular complexity index is 1000. The normalized spacial score (nSPS) is 14.6. The summed E-state index contributed by atoms with van der Waals surface area (Å²) in [6.07, 6.45) is 2.65. The molecule has 4 rings (SSSR count). The van der Waals surface area contributed by atoms with Gasteiger partial charge in [0.25, 0.3) is 5.91 Å². The number of fused-ring (bicyclic) bond motifs is 1. The van der Waals surface area contributed by atoms with Gasteiger partial charge in [-0.3, -0.25) is 14.7 Å². The molecule has 156 valence electrons. The van der Waals surface area contributed by atoms with Crippen LogP contribution in [0.4, 0.5) is 5.69 Å². The third kappa shape index (κ3) is 5.27. The van der Waals surface area contributed by atoms with E-state index in [2.05, 4.69) is 15.2 Å². The van der Waals surface area contributed by atoms with Gasteiger partial charge in [-0.1, -0.05) is 23.7 Å². The summed E-state index contributed by atoms with van der Waals surface area (Å²) in [6.45, 7) is 4.53. The number of ether oxygens (including phenoxy) is 2. The number of benzene rings is 2. The zero-order valence-corrected chi connectivity index (χ0v) is 17.4. The van der Waals surface area contributed by atoms with E-state index in [1.165, 1.54) is 5.56 Å².